The minimum atomic E-state index is -3.47. The van der Waals surface area contributed by atoms with Crippen molar-refractivity contribution in [3.8, 4) is 0 Å². The SMILES string of the molecule is Cc1ccnc(Nc2cc(N3CCN(S(=O)(=O)/C=C/c4ccccc4)CC3)ncn2)c1. The van der Waals surface area contributed by atoms with E-state index >= 15 is 0 Å². The van der Waals surface area contributed by atoms with Crippen molar-refractivity contribution in [3.05, 3.63) is 77.6 Å². The van der Waals surface area contributed by atoms with Gasteiger partial charge in [0.15, 0.2) is 0 Å². The molecule has 0 aliphatic carbocycles. The molecule has 3 heterocycles. The van der Waals surface area contributed by atoms with Gasteiger partial charge in [0.1, 0.15) is 23.8 Å². The van der Waals surface area contributed by atoms with E-state index in [0.29, 0.717) is 37.8 Å². The van der Waals surface area contributed by atoms with Gasteiger partial charge in [0, 0.05) is 43.9 Å². The van der Waals surface area contributed by atoms with Crippen LogP contribution in [0, 0.1) is 6.92 Å². The molecule has 9 heteroatoms. The van der Waals surface area contributed by atoms with E-state index in [9.17, 15) is 8.42 Å². The summed E-state index contributed by atoms with van der Waals surface area (Å²) in [6.45, 7) is 3.90. The zero-order valence-corrected chi connectivity index (χ0v) is 18.0. The fourth-order valence-corrected chi connectivity index (χ4v) is 4.48. The number of sulfonamides is 1. The molecule has 3 aromatic rings. The molecule has 1 aromatic carbocycles. The Bertz CT molecular complexity index is 1160. The molecule has 0 amide bonds. The highest BCUT2D eigenvalue weighted by Gasteiger charge is 2.25. The van der Waals surface area contributed by atoms with E-state index in [1.807, 2.05) is 55.5 Å². The quantitative estimate of drug-likeness (QED) is 0.635. The summed E-state index contributed by atoms with van der Waals surface area (Å²) >= 11 is 0. The second kappa shape index (κ2) is 9.23. The summed E-state index contributed by atoms with van der Waals surface area (Å²) in [5.74, 6) is 2.11. The molecule has 1 fully saturated rings. The van der Waals surface area contributed by atoms with Crippen molar-refractivity contribution in [2.45, 2.75) is 6.92 Å². The van der Waals surface area contributed by atoms with Gasteiger partial charge in [-0.05, 0) is 36.3 Å². The van der Waals surface area contributed by atoms with Crippen molar-refractivity contribution in [2.24, 2.45) is 0 Å². The number of hydrogen-bond donors (Lipinski definition) is 1. The summed E-state index contributed by atoms with van der Waals surface area (Å²) in [4.78, 5) is 15.0. The maximum Gasteiger partial charge on any atom is 0.236 e. The normalized spacial score (nSPS) is 15.3. The van der Waals surface area contributed by atoms with Gasteiger partial charge in [-0.3, -0.25) is 0 Å². The fraction of sp³-hybridized carbons (Fsp3) is 0.227. The number of piperazine rings is 1. The van der Waals surface area contributed by atoms with Crippen molar-refractivity contribution in [3.63, 3.8) is 0 Å². The molecular weight excluding hydrogens is 412 g/mol. The van der Waals surface area contributed by atoms with Gasteiger partial charge in [-0.2, -0.15) is 4.31 Å². The third-order valence-electron chi connectivity index (χ3n) is 4.98. The molecule has 0 saturated carbocycles. The summed E-state index contributed by atoms with van der Waals surface area (Å²) in [5, 5.41) is 4.46. The Morgan fingerprint density at radius 2 is 1.68 bits per heavy atom. The third kappa shape index (κ3) is 5.44. The van der Waals surface area contributed by atoms with Crippen LogP contribution in [0.25, 0.3) is 6.08 Å². The molecule has 1 N–H and O–H groups in total. The lowest BCUT2D eigenvalue weighted by molar-refractivity contribution is 0.389. The highest BCUT2D eigenvalue weighted by atomic mass is 32.2. The first-order valence-corrected chi connectivity index (χ1v) is 11.5. The minimum Gasteiger partial charge on any atom is -0.354 e. The van der Waals surface area contributed by atoms with Crippen LogP contribution in [0.4, 0.5) is 17.5 Å². The molecule has 2 aromatic heterocycles. The number of anilines is 3. The van der Waals surface area contributed by atoms with Crippen LogP contribution in [0.2, 0.25) is 0 Å². The lowest BCUT2D eigenvalue weighted by Crippen LogP contribution is -2.48. The molecule has 0 spiro atoms. The maximum atomic E-state index is 12.7. The van der Waals surface area contributed by atoms with Crippen LogP contribution >= 0.6 is 0 Å². The summed E-state index contributed by atoms with van der Waals surface area (Å²) in [5.41, 5.74) is 1.96. The summed E-state index contributed by atoms with van der Waals surface area (Å²) < 4.78 is 26.8. The number of aryl methyl sites for hydroxylation is 1. The first-order valence-electron chi connectivity index (χ1n) is 9.99. The fourth-order valence-electron chi connectivity index (χ4n) is 3.31. The maximum absolute atomic E-state index is 12.7. The van der Waals surface area contributed by atoms with E-state index < -0.39 is 10.0 Å². The lowest BCUT2D eigenvalue weighted by Gasteiger charge is -2.34. The van der Waals surface area contributed by atoms with Gasteiger partial charge >= 0.3 is 0 Å². The van der Waals surface area contributed by atoms with Crippen LogP contribution in [0.1, 0.15) is 11.1 Å². The standard InChI is InChI=1S/C22H24N6O2S/c1-18-7-9-23-20(15-18)26-21-16-22(25-17-24-21)27-10-12-28(13-11-27)31(29,30)14-8-19-5-3-2-4-6-19/h2-9,14-17H,10-13H2,1H3,(H,23,24,25,26)/b14-8+. The monoisotopic (exact) mass is 436 g/mol. The molecule has 4 rings (SSSR count). The van der Waals surface area contributed by atoms with Crippen molar-refractivity contribution < 1.29 is 8.42 Å². The molecule has 0 atom stereocenters. The lowest BCUT2D eigenvalue weighted by atomic mass is 10.2. The van der Waals surface area contributed by atoms with Gasteiger partial charge in [0.05, 0.1) is 0 Å². The smallest absolute Gasteiger partial charge is 0.236 e. The van der Waals surface area contributed by atoms with Crippen molar-refractivity contribution >= 4 is 33.6 Å². The molecule has 31 heavy (non-hydrogen) atoms. The molecular formula is C22H24N6O2S. The molecule has 0 radical (unpaired) electrons. The van der Waals surface area contributed by atoms with E-state index in [2.05, 4.69) is 25.2 Å². The van der Waals surface area contributed by atoms with Crippen LogP contribution < -0.4 is 10.2 Å². The highest BCUT2D eigenvalue weighted by Crippen LogP contribution is 2.20. The van der Waals surface area contributed by atoms with Gasteiger partial charge in [-0.25, -0.2) is 23.4 Å². The van der Waals surface area contributed by atoms with Crippen LogP contribution in [0.15, 0.2) is 66.5 Å². The van der Waals surface area contributed by atoms with Crippen LogP contribution in [-0.4, -0.2) is 53.9 Å². The first kappa shape index (κ1) is 21.0. The molecule has 1 aliphatic heterocycles. The van der Waals surface area contributed by atoms with Crippen LogP contribution in [0.5, 0.6) is 0 Å². The second-order valence-corrected chi connectivity index (χ2v) is 9.07. The number of rotatable bonds is 6. The Morgan fingerprint density at radius 1 is 0.935 bits per heavy atom. The van der Waals surface area contributed by atoms with E-state index in [1.54, 1.807) is 12.3 Å². The Morgan fingerprint density at radius 3 is 2.42 bits per heavy atom. The van der Waals surface area contributed by atoms with E-state index in [1.165, 1.54) is 16.0 Å². The van der Waals surface area contributed by atoms with E-state index in [-0.39, 0.29) is 0 Å². The largest absolute Gasteiger partial charge is 0.354 e. The Labute approximate surface area is 182 Å². The first-order chi connectivity index (χ1) is 15.0. The average molecular weight is 437 g/mol. The van der Waals surface area contributed by atoms with Gasteiger partial charge < -0.3 is 10.2 Å². The number of benzene rings is 1. The van der Waals surface area contributed by atoms with Gasteiger partial charge in [0.25, 0.3) is 0 Å². The zero-order chi connectivity index (χ0) is 21.7. The summed E-state index contributed by atoms with van der Waals surface area (Å²) in [7, 11) is -3.47. The Balaban J connectivity index is 1.39. The molecule has 8 nitrogen and oxygen atoms in total. The van der Waals surface area contributed by atoms with Crippen molar-refractivity contribution in [1.82, 2.24) is 19.3 Å². The molecule has 0 bridgehead atoms. The Kier molecular flexibility index (Phi) is 6.24. The minimum absolute atomic E-state index is 0.396. The average Bonchev–Trinajstić information content (AvgIpc) is 2.79. The molecule has 1 aliphatic rings. The van der Waals surface area contributed by atoms with Crippen LogP contribution in [-0.2, 0) is 10.0 Å². The number of nitrogens with one attached hydrogen (secondary N) is 1. The van der Waals surface area contributed by atoms with Gasteiger partial charge in [0.2, 0.25) is 10.0 Å². The van der Waals surface area contributed by atoms with Gasteiger partial charge in [-0.1, -0.05) is 30.3 Å². The number of nitrogens with zero attached hydrogens (tertiary/aromatic N) is 5. The van der Waals surface area contributed by atoms with E-state index in [4.69, 9.17) is 0 Å². The van der Waals surface area contributed by atoms with Crippen molar-refractivity contribution in [1.29, 1.82) is 0 Å². The number of aromatic nitrogens is 3. The predicted molar refractivity (Wildman–Crippen MR) is 122 cm³/mol. The summed E-state index contributed by atoms with van der Waals surface area (Å²) in [6.07, 6.45) is 4.87. The van der Waals surface area contributed by atoms with Crippen molar-refractivity contribution in [2.75, 3.05) is 36.4 Å². The molecule has 160 valence electrons. The number of pyridine rings is 1. The topological polar surface area (TPSA) is 91.3 Å². The van der Waals surface area contributed by atoms with Gasteiger partial charge in [-0.15, -0.1) is 0 Å². The Hall–Kier alpha value is -3.30. The third-order valence-corrected chi connectivity index (χ3v) is 6.54. The van der Waals surface area contributed by atoms with Crippen LogP contribution in [0.3, 0.4) is 0 Å². The number of hydrogen-bond acceptors (Lipinski definition) is 7. The zero-order valence-electron chi connectivity index (χ0n) is 17.2. The summed E-state index contributed by atoms with van der Waals surface area (Å²) in [6, 6.07) is 15.1. The molecule has 1 saturated heterocycles. The molecule has 0 unspecified atom stereocenters. The highest BCUT2D eigenvalue weighted by molar-refractivity contribution is 7.92. The second-order valence-electron chi connectivity index (χ2n) is 7.25. The predicted octanol–water partition coefficient (Wildman–Crippen LogP) is 3.05. The van der Waals surface area contributed by atoms with E-state index in [0.717, 1.165) is 16.9 Å².